The van der Waals surface area contributed by atoms with Gasteiger partial charge in [-0.25, -0.2) is 9.36 Å². The van der Waals surface area contributed by atoms with Crippen molar-refractivity contribution >= 4 is 13.8 Å². The van der Waals surface area contributed by atoms with Gasteiger partial charge in [-0.1, -0.05) is 6.92 Å². The first-order chi connectivity index (χ1) is 7.37. The highest BCUT2D eigenvalue weighted by Gasteiger charge is 2.18. The number of nitrogens with zero attached hydrogens (tertiary/aromatic N) is 1. The highest BCUT2D eigenvalue weighted by molar-refractivity contribution is 7.46. The van der Waals surface area contributed by atoms with E-state index >= 15 is 0 Å². The Bertz CT molecular complexity index is 270. The summed E-state index contributed by atoms with van der Waals surface area (Å²) in [6.45, 7) is 1.72. The zero-order valence-corrected chi connectivity index (χ0v) is 11.3. The van der Waals surface area contributed by atoms with Gasteiger partial charge in [0.2, 0.25) is 0 Å². The molecule has 0 amide bonds. The van der Waals surface area contributed by atoms with Crippen LogP contribution in [0, 0.1) is 0 Å². The largest absolute Gasteiger partial charge is 0.477 e. The number of carbonyl (C=O) groups is 1. The standard InChI is InChI=1S/C5H11NO2.C3H9O5P/c1-6(2,3)4-5(7)8;1-2-3(4)8-9(5,6)7/h4H2,1-3H3;3-4H,2H2,1H3,(H2,5,6,7)/p+1. The minimum Gasteiger partial charge on any atom is -0.477 e. The van der Waals surface area contributed by atoms with Crippen LogP contribution in [0.25, 0.3) is 0 Å². The summed E-state index contributed by atoms with van der Waals surface area (Å²) in [7, 11) is 1.04. The van der Waals surface area contributed by atoms with E-state index in [4.69, 9.17) is 20.0 Å². The maximum Gasteiger partial charge on any atom is 0.471 e. The predicted molar refractivity (Wildman–Crippen MR) is 60.0 cm³/mol. The number of carboxylic acid groups (broad SMARTS) is 1. The van der Waals surface area contributed by atoms with Crippen LogP contribution in [0.5, 0.6) is 0 Å². The molecule has 0 radical (unpaired) electrons. The topological polar surface area (TPSA) is 124 Å². The van der Waals surface area contributed by atoms with E-state index in [1.807, 2.05) is 21.1 Å². The molecule has 0 saturated heterocycles. The monoisotopic (exact) mass is 274 g/mol. The Morgan fingerprint density at radius 2 is 1.76 bits per heavy atom. The summed E-state index contributed by atoms with van der Waals surface area (Å²) in [6, 6.07) is 0. The van der Waals surface area contributed by atoms with Gasteiger partial charge in [0.15, 0.2) is 12.8 Å². The number of phosphoric acid groups is 1. The summed E-state index contributed by atoms with van der Waals surface area (Å²) in [5.41, 5.74) is 0. The van der Waals surface area contributed by atoms with E-state index in [9.17, 15) is 9.36 Å². The molecule has 0 rings (SSSR count). The molecule has 0 fully saturated rings. The van der Waals surface area contributed by atoms with Crippen molar-refractivity contribution in [2.24, 2.45) is 0 Å². The number of quaternary nitrogens is 1. The molecule has 0 aromatic rings. The van der Waals surface area contributed by atoms with E-state index in [1.54, 1.807) is 6.92 Å². The Hall–Kier alpha value is -0.500. The summed E-state index contributed by atoms with van der Waals surface area (Å²) >= 11 is 0. The number of carboxylic acids is 1. The first-order valence-electron chi connectivity index (χ1n) is 4.81. The average molecular weight is 274 g/mol. The molecule has 0 heterocycles. The highest BCUT2D eigenvalue weighted by Crippen LogP contribution is 2.37. The van der Waals surface area contributed by atoms with Crippen LogP contribution in [0.15, 0.2) is 0 Å². The molecule has 0 saturated carbocycles. The molecule has 1 unspecified atom stereocenters. The lowest BCUT2D eigenvalue weighted by atomic mass is 10.5. The molecular weight excluding hydrogens is 253 g/mol. The van der Waals surface area contributed by atoms with E-state index in [0.717, 1.165) is 0 Å². The van der Waals surface area contributed by atoms with Gasteiger partial charge < -0.3 is 24.5 Å². The molecule has 0 aliphatic rings. The molecule has 8 nitrogen and oxygen atoms in total. The number of phosphoric ester groups is 1. The van der Waals surface area contributed by atoms with Crippen molar-refractivity contribution in [2.75, 3.05) is 27.7 Å². The number of likely N-dealkylation sites (N-methyl/N-ethyl adjacent to an activating group) is 1. The minimum absolute atomic E-state index is 0.158. The molecule has 0 aliphatic heterocycles. The van der Waals surface area contributed by atoms with Crippen molar-refractivity contribution < 1.29 is 38.4 Å². The van der Waals surface area contributed by atoms with Crippen molar-refractivity contribution in [2.45, 2.75) is 19.6 Å². The molecule has 104 valence electrons. The third kappa shape index (κ3) is 21.4. The van der Waals surface area contributed by atoms with Gasteiger partial charge >= 0.3 is 13.8 Å². The quantitative estimate of drug-likeness (QED) is 0.305. The zero-order valence-electron chi connectivity index (χ0n) is 10.4. The van der Waals surface area contributed by atoms with Crippen molar-refractivity contribution in [3.63, 3.8) is 0 Å². The second-order valence-electron chi connectivity index (χ2n) is 4.30. The lowest BCUT2D eigenvalue weighted by molar-refractivity contribution is -0.862. The van der Waals surface area contributed by atoms with Crippen molar-refractivity contribution in [3.8, 4) is 0 Å². The average Bonchev–Trinajstić information content (AvgIpc) is 1.96. The zero-order chi connectivity index (χ0) is 14.3. The molecule has 0 aromatic heterocycles. The number of aliphatic carboxylic acids is 1. The van der Waals surface area contributed by atoms with Crippen molar-refractivity contribution in [3.05, 3.63) is 0 Å². The fourth-order valence-electron chi connectivity index (χ4n) is 0.639. The van der Waals surface area contributed by atoms with E-state index in [0.29, 0.717) is 4.48 Å². The third-order valence-electron chi connectivity index (χ3n) is 1.22. The van der Waals surface area contributed by atoms with E-state index in [2.05, 4.69) is 4.52 Å². The van der Waals surface area contributed by atoms with Gasteiger partial charge in [0.05, 0.1) is 21.1 Å². The Balaban J connectivity index is 0. The van der Waals surface area contributed by atoms with Crippen LogP contribution in [-0.4, -0.2) is 64.4 Å². The lowest BCUT2D eigenvalue weighted by Crippen LogP contribution is -2.39. The van der Waals surface area contributed by atoms with Gasteiger partial charge in [-0.15, -0.1) is 0 Å². The summed E-state index contributed by atoms with van der Waals surface area (Å²) in [4.78, 5) is 26.1. The fraction of sp³-hybridized carbons (Fsp3) is 0.875. The number of aliphatic hydroxyl groups is 1. The van der Waals surface area contributed by atoms with Gasteiger partial charge in [0.25, 0.3) is 0 Å². The molecule has 9 heteroatoms. The summed E-state index contributed by atoms with van der Waals surface area (Å²) in [5, 5.41) is 16.7. The molecule has 4 N–H and O–H groups in total. The van der Waals surface area contributed by atoms with Gasteiger partial charge in [0, 0.05) is 0 Å². The Labute approximate surface area is 100 Å². The van der Waals surface area contributed by atoms with Crippen LogP contribution in [0.2, 0.25) is 0 Å². The molecule has 0 spiro atoms. The normalized spacial score (nSPS) is 13.6. The minimum atomic E-state index is -4.49. The second kappa shape index (κ2) is 7.75. The summed E-state index contributed by atoms with van der Waals surface area (Å²) in [6.07, 6.45) is -1.21. The maximum atomic E-state index is 10.00. The lowest BCUT2D eigenvalue weighted by Gasteiger charge is -2.20. The number of hydrogen-bond acceptors (Lipinski definition) is 4. The molecule has 0 aromatic carbocycles. The molecule has 0 aliphatic carbocycles. The SMILES string of the molecule is CCC(O)OP(=O)(O)O.C[N+](C)(C)CC(=O)O. The van der Waals surface area contributed by atoms with Crippen LogP contribution >= 0.6 is 7.82 Å². The van der Waals surface area contributed by atoms with Crippen LogP contribution in [0.4, 0.5) is 0 Å². The molecule has 17 heavy (non-hydrogen) atoms. The van der Waals surface area contributed by atoms with Crippen LogP contribution in [0.3, 0.4) is 0 Å². The molecule has 0 bridgehead atoms. The number of aliphatic hydroxyl groups excluding tert-OH is 1. The molecule has 1 atom stereocenters. The van der Waals surface area contributed by atoms with E-state index in [1.165, 1.54) is 0 Å². The van der Waals surface area contributed by atoms with Crippen LogP contribution in [0.1, 0.15) is 13.3 Å². The predicted octanol–water partition coefficient (Wildman–Crippen LogP) is -0.399. The Kier molecular flexibility index (Phi) is 8.60. The maximum absolute atomic E-state index is 10.00. The van der Waals surface area contributed by atoms with Gasteiger partial charge in [0.1, 0.15) is 0 Å². The van der Waals surface area contributed by atoms with Crippen LogP contribution in [-0.2, 0) is 13.9 Å². The van der Waals surface area contributed by atoms with E-state index in [-0.39, 0.29) is 13.0 Å². The number of rotatable bonds is 5. The fourth-order valence-corrected chi connectivity index (χ4v) is 1.10. The van der Waals surface area contributed by atoms with Crippen LogP contribution < -0.4 is 0 Å². The first kappa shape index (κ1) is 18.9. The Morgan fingerprint density at radius 1 is 1.35 bits per heavy atom. The molecular formula is C8H21NO7P+. The van der Waals surface area contributed by atoms with Gasteiger partial charge in [-0.2, -0.15) is 0 Å². The number of hydrogen-bond donors (Lipinski definition) is 4. The van der Waals surface area contributed by atoms with Gasteiger partial charge in [-0.3, -0.25) is 4.52 Å². The third-order valence-corrected chi connectivity index (χ3v) is 1.74. The summed E-state index contributed by atoms with van der Waals surface area (Å²) < 4.78 is 14.2. The smallest absolute Gasteiger partial charge is 0.471 e. The Morgan fingerprint density at radius 3 is 1.82 bits per heavy atom. The van der Waals surface area contributed by atoms with E-state index < -0.39 is 20.1 Å². The first-order valence-corrected chi connectivity index (χ1v) is 6.34. The second-order valence-corrected chi connectivity index (χ2v) is 5.49. The van der Waals surface area contributed by atoms with Gasteiger partial charge in [-0.05, 0) is 6.42 Å². The van der Waals surface area contributed by atoms with Crippen molar-refractivity contribution in [1.29, 1.82) is 0 Å². The highest BCUT2D eigenvalue weighted by atomic mass is 31.2. The van der Waals surface area contributed by atoms with Crippen molar-refractivity contribution in [1.82, 2.24) is 0 Å². The summed E-state index contributed by atoms with van der Waals surface area (Å²) in [5.74, 6) is -0.752.